The maximum Gasteiger partial charge on any atom is 0.166 e. The molecule has 0 heterocycles. The normalized spacial score (nSPS) is 10.9. The lowest BCUT2D eigenvalue weighted by Gasteiger charge is -2.26. The van der Waals surface area contributed by atoms with Crippen molar-refractivity contribution in [3.05, 3.63) is 0 Å². The van der Waals surface area contributed by atoms with Crippen LogP contribution in [0, 0.1) is 0 Å². The predicted molar refractivity (Wildman–Crippen MR) is 50.7 cm³/mol. The zero-order chi connectivity index (χ0) is 8.91. The summed E-state index contributed by atoms with van der Waals surface area (Å²) in [5, 5.41) is 6.59. The molecule has 0 aliphatic carbocycles. The standard InChI is InChI=1S/C7H16N2OS/c1-7(2,5-10-4)9-6(11)8-3/h5H2,1-4H3,(H2,8,9,11). The topological polar surface area (TPSA) is 33.3 Å². The van der Waals surface area contributed by atoms with Gasteiger partial charge < -0.3 is 15.4 Å². The van der Waals surface area contributed by atoms with E-state index in [4.69, 9.17) is 17.0 Å². The van der Waals surface area contributed by atoms with Crippen molar-refractivity contribution >= 4 is 17.3 Å². The van der Waals surface area contributed by atoms with Crippen LogP contribution in [0.1, 0.15) is 13.8 Å². The van der Waals surface area contributed by atoms with Gasteiger partial charge in [0.1, 0.15) is 0 Å². The lowest BCUT2D eigenvalue weighted by molar-refractivity contribution is 0.139. The van der Waals surface area contributed by atoms with Crippen LogP contribution >= 0.6 is 12.2 Å². The third-order valence-corrected chi connectivity index (χ3v) is 1.49. The van der Waals surface area contributed by atoms with Gasteiger partial charge in [0.2, 0.25) is 0 Å². The number of thiocarbonyl (C=S) groups is 1. The Morgan fingerprint density at radius 2 is 2.09 bits per heavy atom. The van der Waals surface area contributed by atoms with Gasteiger partial charge in [-0.15, -0.1) is 0 Å². The Bertz CT molecular complexity index is 136. The van der Waals surface area contributed by atoms with Gasteiger partial charge in [-0.25, -0.2) is 0 Å². The molecule has 0 rings (SSSR count). The molecule has 0 aromatic rings. The minimum absolute atomic E-state index is 0.102. The van der Waals surface area contributed by atoms with Crippen molar-refractivity contribution < 1.29 is 4.74 Å². The second-order valence-corrected chi connectivity index (χ2v) is 3.43. The Kier molecular flexibility index (Phi) is 4.37. The molecule has 0 spiro atoms. The summed E-state index contributed by atoms with van der Waals surface area (Å²) in [5.74, 6) is 0. The summed E-state index contributed by atoms with van der Waals surface area (Å²) in [5.41, 5.74) is -0.102. The molecule has 0 aliphatic rings. The van der Waals surface area contributed by atoms with Crippen molar-refractivity contribution in [2.45, 2.75) is 19.4 Å². The molecule has 0 saturated heterocycles. The van der Waals surface area contributed by atoms with Gasteiger partial charge in [-0.3, -0.25) is 0 Å². The first-order chi connectivity index (χ1) is 5.02. The highest BCUT2D eigenvalue weighted by atomic mass is 32.1. The number of hydrogen-bond donors (Lipinski definition) is 2. The Hall–Kier alpha value is -0.350. The molecule has 0 radical (unpaired) electrons. The predicted octanol–water partition coefficient (Wildman–Crippen LogP) is 0.505. The number of rotatable bonds is 3. The molecule has 4 heteroatoms. The van der Waals surface area contributed by atoms with E-state index in [1.165, 1.54) is 0 Å². The SMILES string of the molecule is CNC(=S)NC(C)(C)COC. The first kappa shape index (κ1) is 10.7. The fraction of sp³-hybridized carbons (Fsp3) is 0.857. The Labute approximate surface area is 73.5 Å². The van der Waals surface area contributed by atoms with Gasteiger partial charge in [-0.2, -0.15) is 0 Å². The van der Waals surface area contributed by atoms with E-state index in [9.17, 15) is 0 Å². The van der Waals surface area contributed by atoms with Crippen LogP contribution in [0.15, 0.2) is 0 Å². The van der Waals surface area contributed by atoms with E-state index in [0.29, 0.717) is 11.7 Å². The minimum atomic E-state index is -0.102. The van der Waals surface area contributed by atoms with Crippen LogP contribution in [-0.2, 0) is 4.74 Å². The van der Waals surface area contributed by atoms with E-state index in [0.717, 1.165) is 0 Å². The molecule has 0 saturated carbocycles. The van der Waals surface area contributed by atoms with Crippen molar-refractivity contribution in [2.75, 3.05) is 20.8 Å². The van der Waals surface area contributed by atoms with Crippen molar-refractivity contribution in [3.63, 3.8) is 0 Å². The molecule has 66 valence electrons. The summed E-state index contributed by atoms with van der Waals surface area (Å²) < 4.78 is 5.00. The third kappa shape index (κ3) is 4.98. The van der Waals surface area contributed by atoms with Crippen LogP contribution < -0.4 is 10.6 Å². The van der Waals surface area contributed by atoms with Crippen LogP contribution in [-0.4, -0.2) is 31.4 Å². The van der Waals surface area contributed by atoms with Crippen molar-refractivity contribution in [3.8, 4) is 0 Å². The smallest absolute Gasteiger partial charge is 0.166 e. The van der Waals surface area contributed by atoms with Gasteiger partial charge >= 0.3 is 0 Å². The second-order valence-electron chi connectivity index (χ2n) is 3.02. The van der Waals surface area contributed by atoms with Gasteiger partial charge in [0, 0.05) is 14.2 Å². The van der Waals surface area contributed by atoms with E-state index in [-0.39, 0.29) is 5.54 Å². The zero-order valence-electron chi connectivity index (χ0n) is 7.52. The van der Waals surface area contributed by atoms with E-state index < -0.39 is 0 Å². The van der Waals surface area contributed by atoms with Crippen LogP contribution in [0.3, 0.4) is 0 Å². The molecule has 0 aliphatic heterocycles. The number of ether oxygens (including phenoxy) is 1. The van der Waals surface area contributed by atoms with Gasteiger partial charge in [0.15, 0.2) is 5.11 Å². The molecular weight excluding hydrogens is 160 g/mol. The monoisotopic (exact) mass is 176 g/mol. The maximum atomic E-state index is 5.00. The lowest BCUT2D eigenvalue weighted by atomic mass is 10.1. The molecule has 0 amide bonds. The summed E-state index contributed by atoms with van der Waals surface area (Å²) >= 11 is 4.94. The summed E-state index contributed by atoms with van der Waals surface area (Å²) in [6.45, 7) is 4.69. The van der Waals surface area contributed by atoms with Crippen LogP contribution in [0.2, 0.25) is 0 Å². The molecule has 0 bridgehead atoms. The van der Waals surface area contributed by atoms with Crippen molar-refractivity contribution in [2.24, 2.45) is 0 Å². The quantitative estimate of drug-likeness (QED) is 0.614. The van der Waals surface area contributed by atoms with Gasteiger partial charge in [-0.1, -0.05) is 0 Å². The van der Waals surface area contributed by atoms with Crippen LogP contribution in [0.4, 0.5) is 0 Å². The van der Waals surface area contributed by atoms with E-state index in [1.54, 1.807) is 14.2 Å². The first-order valence-corrected chi connectivity index (χ1v) is 3.91. The molecule has 11 heavy (non-hydrogen) atoms. The van der Waals surface area contributed by atoms with Crippen LogP contribution in [0.25, 0.3) is 0 Å². The molecule has 3 nitrogen and oxygen atoms in total. The zero-order valence-corrected chi connectivity index (χ0v) is 8.34. The highest BCUT2D eigenvalue weighted by Gasteiger charge is 2.17. The summed E-state index contributed by atoms with van der Waals surface area (Å²) in [6, 6.07) is 0. The molecule has 0 aromatic heterocycles. The minimum Gasteiger partial charge on any atom is -0.382 e. The highest BCUT2D eigenvalue weighted by molar-refractivity contribution is 7.80. The van der Waals surface area contributed by atoms with Crippen molar-refractivity contribution in [1.29, 1.82) is 0 Å². The fourth-order valence-electron chi connectivity index (χ4n) is 0.767. The van der Waals surface area contributed by atoms with Gasteiger partial charge in [0.05, 0.1) is 12.1 Å². The largest absolute Gasteiger partial charge is 0.382 e. The lowest BCUT2D eigenvalue weighted by Crippen LogP contribution is -2.49. The maximum absolute atomic E-state index is 5.00. The van der Waals surface area contributed by atoms with Crippen LogP contribution in [0.5, 0.6) is 0 Å². The summed E-state index contributed by atoms with van der Waals surface area (Å²) in [6.07, 6.45) is 0. The second kappa shape index (κ2) is 4.51. The fourth-order valence-corrected chi connectivity index (χ4v) is 1.04. The number of hydrogen-bond acceptors (Lipinski definition) is 2. The molecule has 0 fully saturated rings. The molecule has 2 N–H and O–H groups in total. The number of nitrogens with one attached hydrogen (secondary N) is 2. The Morgan fingerprint density at radius 3 is 2.45 bits per heavy atom. The average Bonchev–Trinajstić information content (AvgIpc) is 1.86. The summed E-state index contributed by atoms with van der Waals surface area (Å²) in [4.78, 5) is 0. The van der Waals surface area contributed by atoms with Gasteiger partial charge in [-0.05, 0) is 26.1 Å². The van der Waals surface area contributed by atoms with Gasteiger partial charge in [0.25, 0.3) is 0 Å². The molecule has 0 atom stereocenters. The summed E-state index contributed by atoms with van der Waals surface area (Å²) in [7, 11) is 3.46. The molecule has 0 unspecified atom stereocenters. The Morgan fingerprint density at radius 1 is 1.55 bits per heavy atom. The number of methoxy groups -OCH3 is 1. The van der Waals surface area contributed by atoms with E-state index in [1.807, 2.05) is 13.8 Å². The first-order valence-electron chi connectivity index (χ1n) is 3.50. The van der Waals surface area contributed by atoms with E-state index in [2.05, 4.69) is 10.6 Å². The third-order valence-electron chi connectivity index (χ3n) is 1.18. The van der Waals surface area contributed by atoms with E-state index >= 15 is 0 Å². The molecular formula is C7H16N2OS. The molecule has 0 aromatic carbocycles. The highest BCUT2D eigenvalue weighted by Crippen LogP contribution is 2.00. The van der Waals surface area contributed by atoms with Crippen molar-refractivity contribution in [1.82, 2.24) is 10.6 Å². The average molecular weight is 176 g/mol. The Balaban J connectivity index is 3.80.